The van der Waals surface area contributed by atoms with Crippen molar-refractivity contribution in [2.75, 3.05) is 66.1 Å². The molecule has 1 saturated heterocycles. The quantitative estimate of drug-likeness (QED) is 0.112. The maximum Gasteiger partial charge on any atom is 0.335 e. The Bertz CT molecular complexity index is 918. The molecule has 0 aromatic heterocycles. The predicted octanol–water partition coefficient (Wildman–Crippen LogP) is 1.25. The molecule has 2 aliphatic rings. The third kappa shape index (κ3) is 14.6. The second kappa shape index (κ2) is 20.0. The SMILES string of the molecule is O=C(CCOCCOCCOCCOCCOCCC(=O)C1CCCCCCC1)ON1C(=O)CC(S(=O)(=O)O)C1=O. The Balaban J connectivity index is 1.33. The first kappa shape index (κ1) is 35.2. The molecule has 0 aromatic carbocycles. The van der Waals surface area contributed by atoms with Crippen LogP contribution in [0.1, 0.15) is 64.2 Å². The molecule has 2 amide bonds. The summed E-state index contributed by atoms with van der Waals surface area (Å²) in [6.07, 6.45) is 7.47. The Labute approximate surface area is 241 Å². The second-order valence-electron chi connectivity index (χ2n) is 9.77. The number of nitrogens with zero attached hydrogens (tertiary/aromatic N) is 1. The van der Waals surface area contributed by atoms with Gasteiger partial charge >= 0.3 is 5.97 Å². The molecule has 236 valence electrons. The number of imide groups is 1. The first-order chi connectivity index (χ1) is 19.7. The fourth-order valence-corrected chi connectivity index (χ4v) is 5.05. The van der Waals surface area contributed by atoms with Crippen LogP contribution in [0.4, 0.5) is 0 Å². The molecule has 0 radical (unpaired) electrons. The van der Waals surface area contributed by atoms with Crippen LogP contribution in [0, 0.1) is 5.92 Å². The van der Waals surface area contributed by atoms with Crippen molar-refractivity contribution in [1.29, 1.82) is 0 Å². The van der Waals surface area contributed by atoms with E-state index < -0.39 is 39.6 Å². The van der Waals surface area contributed by atoms with Gasteiger partial charge in [-0.1, -0.05) is 32.1 Å². The molecular formula is C26H43NO13S. The van der Waals surface area contributed by atoms with Gasteiger partial charge < -0.3 is 28.5 Å². The number of carbonyl (C=O) groups is 4. The second-order valence-corrected chi connectivity index (χ2v) is 11.4. The summed E-state index contributed by atoms with van der Waals surface area (Å²) in [6.45, 7) is 3.14. The van der Waals surface area contributed by atoms with Gasteiger partial charge in [0.05, 0.1) is 78.9 Å². The Hall–Kier alpha value is -2.01. The zero-order valence-corrected chi connectivity index (χ0v) is 24.3. The Morgan fingerprint density at radius 3 is 1.61 bits per heavy atom. The monoisotopic (exact) mass is 609 g/mol. The smallest absolute Gasteiger partial charge is 0.335 e. The molecule has 1 saturated carbocycles. The van der Waals surface area contributed by atoms with Gasteiger partial charge in [0.25, 0.3) is 21.9 Å². The van der Waals surface area contributed by atoms with Gasteiger partial charge in [0, 0.05) is 12.3 Å². The zero-order chi connectivity index (χ0) is 29.9. The highest BCUT2D eigenvalue weighted by Gasteiger charge is 2.48. The molecule has 1 atom stereocenters. The molecule has 0 aromatic rings. The molecule has 2 fully saturated rings. The van der Waals surface area contributed by atoms with Crippen molar-refractivity contribution in [2.45, 2.75) is 69.5 Å². The maximum absolute atomic E-state index is 12.3. The lowest BCUT2D eigenvalue weighted by molar-refractivity contribution is -0.198. The minimum atomic E-state index is -4.77. The largest absolute Gasteiger partial charge is 0.379 e. The van der Waals surface area contributed by atoms with Gasteiger partial charge in [-0.05, 0) is 12.8 Å². The average Bonchev–Trinajstić information content (AvgIpc) is 3.19. The van der Waals surface area contributed by atoms with Crippen molar-refractivity contribution in [3.05, 3.63) is 0 Å². The van der Waals surface area contributed by atoms with E-state index in [4.69, 9.17) is 28.2 Å². The van der Waals surface area contributed by atoms with E-state index in [0.29, 0.717) is 58.5 Å². The fourth-order valence-electron chi connectivity index (χ4n) is 4.35. The topological polar surface area (TPSA) is 181 Å². The molecule has 1 aliphatic carbocycles. The number of amides is 2. The summed E-state index contributed by atoms with van der Waals surface area (Å²) in [4.78, 5) is 52.1. The molecular weight excluding hydrogens is 566 g/mol. The molecule has 1 aliphatic heterocycles. The van der Waals surface area contributed by atoms with E-state index in [0.717, 1.165) is 25.7 Å². The molecule has 14 nitrogen and oxygen atoms in total. The van der Waals surface area contributed by atoms with Crippen LogP contribution in [0.25, 0.3) is 0 Å². The molecule has 1 heterocycles. The van der Waals surface area contributed by atoms with Gasteiger partial charge in [-0.15, -0.1) is 5.06 Å². The van der Waals surface area contributed by atoms with Crippen LogP contribution < -0.4 is 0 Å². The molecule has 0 bridgehead atoms. The first-order valence-corrected chi connectivity index (χ1v) is 15.7. The summed E-state index contributed by atoms with van der Waals surface area (Å²) < 4.78 is 58.0. The normalized spacial score (nSPS) is 18.9. The molecule has 0 spiro atoms. The number of carbonyl (C=O) groups excluding carboxylic acids is 4. The van der Waals surface area contributed by atoms with E-state index in [1.807, 2.05) is 0 Å². The molecule has 2 rings (SSSR count). The highest BCUT2D eigenvalue weighted by atomic mass is 32.2. The van der Waals surface area contributed by atoms with Crippen molar-refractivity contribution < 1.29 is 60.7 Å². The van der Waals surface area contributed by atoms with Crippen LogP contribution in [0.15, 0.2) is 0 Å². The maximum atomic E-state index is 12.3. The third-order valence-corrected chi connectivity index (χ3v) is 7.69. The summed E-state index contributed by atoms with van der Waals surface area (Å²) in [7, 11) is -4.77. The Kier molecular flexibility index (Phi) is 17.2. The van der Waals surface area contributed by atoms with Crippen molar-refractivity contribution in [2.24, 2.45) is 5.92 Å². The number of rotatable bonds is 21. The summed E-state index contributed by atoms with van der Waals surface area (Å²) in [6, 6.07) is 0. The number of ether oxygens (including phenoxy) is 5. The molecule has 1 unspecified atom stereocenters. The van der Waals surface area contributed by atoms with Gasteiger partial charge in [0.2, 0.25) is 0 Å². The van der Waals surface area contributed by atoms with Crippen LogP contribution in [0.2, 0.25) is 0 Å². The number of hydrogen-bond acceptors (Lipinski definition) is 12. The molecule has 15 heteroatoms. The lowest BCUT2D eigenvalue weighted by Crippen LogP contribution is -2.36. The lowest BCUT2D eigenvalue weighted by Gasteiger charge is -2.18. The van der Waals surface area contributed by atoms with Crippen molar-refractivity contribution in [3.8, 4) is 0 Å². The Morgan fingerprint density at radius 1 is 0.707 bits per heavy atom. The fraction of sp³-hybridized carbons (Fsp3) is 0.846. The van der Waals surface area contributed by atoms with Crippen LogP contribution in [-0.4, -0.2) is 113 Å². The van der Waals surface area contributed by atoms with Crippen LogP contribution in [-0.2, 0) is 57.8 Å². The minimum Gasteiger partial charge on any atom is -0.379 e. The van der Waals surface area contributed by atoms with Crippen LogP contribution >= 0.6 is 0 Å². The first-order valence-electron chi connectivity index (χ1n) is 14.2. The highest BCUT2D eigenvalue weighted by molar-refractivity contribution is 7.87. The van der Waals surface area contributed by atoms with E-state index in [1.54, 1.807) is 0 Å². The summed E-state index contributed by atoms with van der Waals surface area (Å²) >= 11 is 0. The van der Waals surface area contributed by atoms with Gasteiger partial charge in [-0.25, -0.2) is 4.79 Å². The summed E-state index contributed by atoms with van der Waals surface area (Å²) in [5.41, 5.74) is 0. The minimum absolute atomic E-state index is 0.0485. The standard InChI is InChI=1S/C26H43NO13S/c28-22(21-6-4-2-1-3-5-7-21)8-10-35-12-14-37-16-18-39-19-17-38-15-13-36-11-9-25(30)40-27-24(29)20-23(26(27)31)41(32,33)34/h21,23H,1-20H2,(H,32,33,34). The summed E-state index contributed by atoms with van der Waals surface area (Å²) in [5.74, 6) is -2.80. The van der Waals surface area contributed by atoms with E-state index in [-0.39, 0.29) is 37.2 Å². The zero-order valence-electron chi connectivity index (χ0n) is 23.5. The molecule has 41 heavy (non-hydrogen) atoms. The van der Waals surface area contributed by atoms with Crippen molar-refractivity contribution in [3.63, 3.8) is 0 Å². The third-order valence-electron chi connectivity index (χ3n) is 6.61. The lowest BCUT2D eigenvalue weighted by atomic mass is 9.87. The number of hydrogen-bond donors (Lipinski definition) is 1. The van der Waals surface area contributed by atoms with E-state index in [9.17, 15) is 27.6 Å². The molecule has 1 N–H and O–H groups in total. The average molecular weight is 610 g/mol. The van der Waals surface area contributed by atoms with E-state index in [1.165, 1.54) is 19.3 Å². The van der Waals surface area contributed by atoms with E-state index in [2.05, 4.69) is 4.84 Å². The van der Waals surface area contributed by atoms with Gasteiger partial charge in [0.1, 0.15) is 5.78 Å². The van der Waals surface area contributed by atoms with Crippen LogP contribution in [0.3, 0.4) is 0 Å². The van der Waals surface area contributed by atoms with Gasteiger partial charge in [-0.3, -0.25) is 18.9 Å². The number of ketones is 1. The Morgan fingerprint density at radius 2 is 1.15 bits per heavy atom. The van der Waals surface area contributed by atoms with E-state index >= 15 is 0 Å². The van der Waals surface area contributed by atoms with Crippen LogP contribution in [0.5, 0.6) is 0 Å². The van der Waals surface area contributed by atoms with Gasteiger partial charge in [0.15, 0.2) is 5.25 Å². The predicted molar refractivity (Wildman–Crippen MR) is 142 cm³/mol. The van der Waals surface area contributed by atoms with Crippen molar-refractivity contribution >= 4 is 33.7 Å². The number of hydroxylamine groups is 2. The van der Waals surface area contributed by atoms with Crippen molar-refractivity contribution in [1.82, 2.24) is 5.06 Å². The number of Topliss-reactive ketones (excluding diaryl/α,β-unsaturated/α-hetero) is 1. The summed E-state index contributed by atoms with van der Waals surface area (Å²) in [5, 5.41) is -1.92. The van der Waals surface area contributed by atoms with Gasteiger partial charge in [-0.2, -0.15) is 8.42 Å². The highest BCUT2D eigenvalue weighted by Crippen LogP contribution is 2.24.